The molecule has 0 fully saturated rings. The van der Waals surface area contributed by atoms with E-state index in [1.807, 2.05) is 54.9 Å². The Morgan fingerprint density at radius 1 is 1.25 bits per heavy atom. The fourth-order valence-electron chi connectivity index (χ4n) is 2.47. The Morgan fingerprint density at radius 3 is 2.90 bits per heavy atom. The lowest BCUT2D eigenvalue weighted by atomic mass is 10.0. The molecule has 3 rings (SSSR count). The monoisotopic (exact) mass is 267 g/mol. The maximum atomic E-state index is 10.6. The predicted molar refractivity (Wildman–Crippen MR) is 78.4 cm³/mol. The Labute approximate surface area is 117 Å². The highest BCUT2D eigenvalue weighted by molar-refractivity contribution is 5.79. The molecule has 0 saturated heterocycles. The number of fused-ring (bicyclic) bond motifs is 1. The largest absolute Gasteiger partial charge is 0.382 e. The second kappa shape index (κ2) is 5.06. The van der Waals surface area contributed by atoms with Crippen LogP contribution in [0, 0.1) is 6.92 Å². The lowest BCUT2D eigenvalue weighted by Crippen LogP contribution is -2.09. The van der Waals surface area contributed by atoms with Crippen molar-refractivity contribution in [2.75, 3.05) is 0 Å². The molecule has 1 atom stereocenters. The number of aliphatic hydroxyl groups is 1. The van der Waals surface area contributed by atoms with E-state index in [1.165, 1.54) is 0 Å². The maximum absolute atomic E-state index is 10.6. The first-order valence-electron chi connectivity index (χ1n) is 6.76. The second-order valence-corrected chi connectivity index (χ2v) is 4.88. The average molecular weight is 267 g/mol. The summed E-state index contributed by atoms with van der Waals surface area (Å²) < 4.78 is 1.84. The lowest BCUT2D eigenvalue weighted by molar-refractivity contribution is 0.208. The molecule has 102 valence electrons. The van der Waals surface area contributed by atoms with Gasteiger partial charge in [0.15, 0.2) is 0 Å². The maximum Gasteiger partial charge on any atom is 0.121 e. The number of nitrogens with zero attached hydrogens (tertiary/aromatic N) is 3. The fraction of sp³-hybridized carbons (Fsp3) is 0.250. The molecule has 0 aliphatic rings. The SMILES string of the molecule is CCn1nc(C)cc1C(O)c1ccc2ncccc2c1. The van der Waals surface area contributed by atoms with Gasteiger partial charge in [-0.1, -0.05) is 12.1 Å². The van der Waals surface area contributed by atoms with Crippen molar-refractivity contribution < 1.29 is 5.11 Å². The normalized spacial score (nSPS) is 12.8. The van der Waals surface area contributed by atoms with Crippen LogP contribution in [0.2, 0.25) is 0 Å². The van der Waals surface area contributed by atoms with E-state index >= 15 is 0 Å². The van der Waals surface area contributed by atoms with Gasteiger partial charge in [-0.15, -0.1) is 0 Å². The molecule has 0 amide bonds. The van der Waals surface area contributed by atoms with E-state index < -0.39 is 6.10 Å². The van der Waals surface area contributed by atoms with Crippen molar-refractivity contribution in [1.82, 2.24) is 14.8 Å². The van der Waals surface area contributed by atoms with E-state index in [-0.39, 0.29) is 0 Å². The second-order valence-electron chi connectivity index (χ2n) is 4.88. The minimum absolute atomic E-state index is 0.666. The lowest BCUT2D eigenvalue weighted by Gasteiger charge is -2.13. The first-order valence-corrected chi connectivity index (χ1v) is 6.76. The van der Waals surface area contributed by atoms with Gasteiger partial charge >= 0.3 is 0 Å². The first-order chi connectivity index (χ1) is 9.69. The van der Waals surface area contributed by atoms with Crippen LogP contribution in [-0.4, -0.2) is 19.9 Å². The highest BCUT2D eigenvalue weighted by Crippen LogP contribution is 2.25. The summed E-state index contributed by atoms with van der Waals surface area (Å²) in [4.78, 5) is 4.29. The average Bonchev–Trinajstić information content (AvgIpc) is 2.87. The Kier molecular flexibility index (Phi) is 3.24. The van der Waals surface area contributed by atoms with E-state index in [9.17, 15) is 5.11 Å². The summed E-state index contributed by atoms with van der Waals surface area (Å²) in [5.74, 6) is 0. The molecule has 4 nitrogen and oxygen atoms in total. The molecule has 2 heterocycles. The van der Waals surface area contributed by atoms with Crippen LogP contribution < -0.4 is 0 Å². The van der Waals surface area contributed by atoms with Crippen molar-refractivity contribution in [3.05, 3.63) is 59.5 Å². The third-order valence-electron chi connectivity index (χ3n) is 3.46. The van der Waals surface area contributed by atoms with Crippen molar-refractivity contribution in [2.45, 2.75) is 26.5 Å². The molecule has 0 saturated carbocycles. The van der Waals surface area contributed by atoms with Crippen LogP contribution in [0.3, 0.4) is 0 Å². The van der Waals surface area contributed by atoms with Gasteiger partial charge in [-0.2, -0.15) is 5.10 Å². The molecule has 2 aromatic heterocycles. The van der Waals surface area contributed by atoms with Gasteiger partial charge in [0, 0.05) is 18.1 Å². The summed E-state index contributed by atoms with van der Waals surface area (Å²) in [5, 5.41) is 16.0. The third kappa shape index (κ3) is 2.18. The smallest absolute Gasteiger partial charge is 0.121 e. The zero-order chi connectivity index (χ0) is 14.1. The summed E-state index contributed by atoms with van der Waals surface area (Å²) in [7, 11) is 0. The summed E-state index contributed by atoms with van der Waals surface area (Å²) in [5.41, 5.74) is 3.54. The van der Waals surface area contributed by atoms with Crippen LogP contribution in [0.15, 0.2) is 42.6 Å². The Balaban J connectivity index is 2.05. The summed E-state index contributed by atoms with van der Waals surface area (Å²) >= 11 is 0. The minimum Gasteiger partial charge on any atom is -0.382 e. The van der Waals surface area contributed by atoms with Crippen molar-refractivity contribution in [3.63, 3.8) is 0 Å². The van der Waals surface area contributed by atoms with Gasteiger partial charge in [-0.25, -0.2) is 0 Å². The van der Waals surface area contributed by atoms with Crippen LogP contribution >= 0.6 is 0 Å². The molecule has 0 aliphatic carbocycles. The van der Waals surface area contributed by atoms with E-state index in [2.05, 4.69) is 10.1 Å². The molecule has 1 aromatic carbocycles. The Bertz CT molecular complexity index is 748. The minimum atomic E-state index is -0.666. The van der Waals surface area contributed by atoms with Gasteiger partial charge in [0.05, 0.1) is 16.9 Å². The van der Waals surface area contributed by atoms with Crippen LogP contribution in [0.4, 0.5) is 0 Å². The van der Waals surface area contributed by atoms with Gasteiger partial charge in [0.25, 0.3) is 0 Å². The van der Waals surface area contributed by atoms with Crippen LogP contribution in [0.1, 0.15) is 30.0 Å². The number of aromatic nitrogens is 3. The van der Waals surface area contributed by atoms with Gasteiger partial charge in [0.1, 0.15) is 6.10 Å². The van der Waals surface area contributed by atoms with Gasteiger partial charge in [-0.3, -0.25) is 9.67 Å². The number of benzene rings is 1. The fourth-order valence-corrected chi connectivity index (χ4v) is 2.47. The highest BCUT2D eigenvalue weighted by atomic mass is 16.3. The number of aliphatic hydroxyl groups excluding tert-OH is 1. The molecule has 1 unspecified atom stereocenters. The number of hydrogen-bond donors (Lipinski definition) is 1. The zero-order valence-electron chi connectivity index (χ0n) is 11.6. The summed E-state index contributed by atoms with van der Waals surface area (Å²) in [6, 6.07) is 11.7. The topological polar surface area (TPSA) is 50.9 Å². The molecule has 20 heavy (non-hydrogen) atoms. The summed E-state index contributed by atoms with van der Waals surface area (Å²) in [6.07, 6.45) is 1.11. The number of aryl methyl sites for hydroxylation is 2. The molecular weight excluding hydrogens is 250 g/mol. The Hall–Kier alpha value is -2.20. The summed E-state index contributed by atoms with van der Waals surface area (Å²) in [6.45, 7) is 4.70. The first kappa shape index (κ1) is 12.8. The number of pyridine rings is 1. The number of hydrogen-bond acceptors (Lipinski definition) is 3. The molecule has 0 aliphatic heterocycles. The Morgan fingerprint density at radius 2 is 2.10 bits per heavy atom. The van der Waals surface area contributed by atoms with Crippen molar-refractivity contribution in [1.29, 1.82) is 0 Å². The standard InChI is InChI=1S/C16H17N3O/c1-3-19-15(9-11(2)18-19)16(20)13-6-7-14-12(10-13)5-4-8-17-14/h4-10,16,20H,3H2,1-2H3. The van der Waals surface area contributed by atoms with Crippen molar-refractivity contribution in [2.24, 2.45) is 0 Å². The molecule has 0 radical (unpaired) electrons. The quantitative estimate of drug-likeness (QED) is 0.794. The molecule has 0 spiro atoms. The van der Waals surface area contributed by atoms with Crippen LogP contribution in [0.25, 0.3) is 10.9 Å². The van der Waals surface area contributed by atoms with Crippen molar-refractivity contribution >= 4 is 10.9 Å². The van der Waals surface area contributed by atoms with Gasteiger partial charge < -0.3 is 5.11 Å². The van der Waals surface area contributed by atoms with Gasteiger partial charge in [-0.05, 0) is 43.7 Å². The van der Waals surface area contributed by atoms with Crippen LogP contribution in [-0.2, 0) is 6.54 Å². The number of rotatable bonds is 3. The van der Waals surface area contributed by atoms with Crippen LogP contribution in [0.5, 0.6) is 0 Å². The van der Waals surface area contributed by atoms with Crippen molar-refractivity contribution in [3.8, 4) is 0 Å². The molecule has 0 bridgehead atoms. The molecular formula is C16H17N3O. The third-order valence-corrected chi connectivity index (χ3v) is 3.46. The van der Waals surface area contributed by atoms with E-state index in [0.717, 1.165) is 34.4 Å². The molecule has 4 heteroatoms. The predicted octanol–water partition coefficient (Wildman–Crippen LogP) is 2.84. The molecule has 3 aromatic rings. The van der Waals surface area contributed by atoms with E-state index in [4.69, 9.17) is 0 Å². The zero-order valence-corrected chi connectivity index (χ0v) is 11.6. The van der Waals surface area contributed by atoms with Gasteiger partial charge in [0.2, 0.25) is 0 Å². The molecule has 1 N–H and O–H groups in total. The van der Waals surface area contributed by atoms with E-state index in [1.54, 1.807) is 6.20 Å². The van der Waals surface area contributed by atoms with E-state index in [0.29, 0.717) is 0 Å². The highest BCUT2D eigenvalue weighted by Gasteiger charge is 2.16.